The lowest BCUT2D eigenvalue weighted by atomic mass is 9.93. The Labute approximate surface area is 153 Å². The van der Waals surface area contributed by atoms with Crippen molar-refractivity contribution in [1.29, 1.82) is 0 Å². The van der Waals surface area contributed by atoms with E-state index in [1.165, 1.54) is 0 Å². The number of rotatable bonds is 4. The van der Waals surface area contributed by atoms with Gasteiger partial charge in [0, 0.05) is 23.9 Å². The van der Waals surface area contributed by atoms with Gasteiger partial charge in [0.05, 0.1) is 24.0 Å². The summed E-state index contributed by atoms with van der Waals surface area (Å²) in [5.74, 6) is 0.639. The highest BCUT2D eigenvalue weighted by Gasteiger charge is 2.26. The second-order valence-corrected chi connectivity index (χ2v) is 6.26. The van der Waals surface area contributed by atoms with Crippen LogP contribution in [-0.2, 0) is 0 Å². The van der Waals surface area contributed by atoms with Crippen LogP contribution in [0.2, 0.25) is 5.02 Å². The van der Waals surface area contributed by atoms with Gasteiger partial charge in [0.1, 0.15) is 11.4 Å². The number of methoxy groups -OCH3 is 1. The van der Waals surface area contributed by atoms with E-state index in [0.29, 0.717) is 10.8 Å². The number of hydrogen-bond acceptors (Lipinski definition) is 3. The molecule has 2 aromatic rings. The van der Waals surface area contributed by atoms with E-state index >= 15 is 0 Å². The summed E-state index contributed by atoms with van der Waals surface area (Å²) in [6.07, 6.45) is 3.85. The Morgan fingerprint density at radius 2 is 1.96 bits per heavy atom. The van der Waals surface area contributed by atoms with Crippen LogP contribution in [-0.4, -0.2) is 23.5 Å². The maximum atomic E-state index is 6.55. The Balaban J connectivity index is 2.29. The molecule has 0 N–H and O–H groups in total. The zero-order chi connectivity index (χ0) is 18.0. The molecule has 3 rings (SSSR count). The van der Waals surface area contributed by atoms with Gasteiger partial charge in [-0.1, -0.05) is 48.5 Å². The first kappa shape index (κ1) is 17.3. The van der Waals surface area contributed by atoms with Crippen molar-refractivity contribution in [2.24, 2.45) is 0 Å². The Kier molecular flexibility index (Phi) is 4.95. The van der Waals surface area contributed by atoms with Crippen molar-refractivity contribution < 1.29 is 4.74 Å². The van der Waals surface area contributed by atoms with Gasteiger partial charge >= 0.3 is 0 Å². The van der Waals surface area contributed by atoms with E-state index in [1.54, 1.807) is 19.4 Å². The Hall–Kier alpha value is -2.52. The Bertz CT molecular complexity index is 869. The summed E-state index contributed by atoms with van der Waals surface area (Å²) in [4.78, 5) is 6.74. The molecule has 1 aliphatic rings. The van der Waals surface area contributed by atoms with Gasteiger partial charge in [0.15, 0.2) is 0 Å². The third-order valence-corrected chi connectivity index (χ3v) is 4.63. The van der Waals surface area contributed by atoms with Crippen molar-refractivity contribution >= 4 is 22.9 Å². The molecule has 0 bridgehead atoms. The number of benzene rings is 1. The standard InChI is InChI=1S/C21H21ClN2O/c1-5-24-15(3)14(2)11-18(16-9-7-6-8-10-16)21(24)20-19(22)12-17(25-4)13-23-20/h6-13H,3,5H2,1-2,4H3. The van der Waals surface area contributed by atoms with Gasteiger partial charge < -0.3 is 9.64 Å². The summed E-state index contributed by atoms with van der Waals surface area (Å²) < 4.78 is 5.23. The van der Waals surface area contributed by atoms with Crippen LogP contribution in [0.15, 0.2) is 66.5 Å². The molecule has 0 saturated heterocycles. The van der Waals surface area contributed by atoms with Crippen molar-refractivity contribution in [3.05, 3.63) is 82.8 Å². The lowest BCUT2D eigenvalue weighted by Crippen LogP contribution is -2.25. The van der Waals surface area contributed by atoms with Crippen LogP contribution in [0.5, 0.6) is 5.75 Å². The molecule has 0 radical (unpaired) electrons. The second kappa shape index (κ2) is 7.16. The lowest BCUT2D eigenvalue weighted by Gasteiger charge is -2.34. The fourth-order valence-corrected chi connectivity index (χ4v) is 3.26. The predicted octanol–water partition coefficient (Wildman–Crippen LogP) is 5.41. The van der Waals surface area contributed by atoms with Gasteiger partial charge in [-0.25, -0.2) is 4.98 Å². The molecule has 4 heteroatoms. The van der Waals surface area contributed by atoms with Crippen LogP contribution < -0.4 is 4.74 Å². The molecule has 25 heavy (non-hydrogen) atoms. The molecule has 0 spiro atoms. The molecule has 1 aromatic heterocycles. The number of likely N-dealkylation sites (N-methyl/N-ethyl adjacent to an activating group) is 1. The van der Waals surface area contributed by atoms with Crippen LogP contribution >= 0.6 is 11.6 Å². The van der Waals surface area contributed by atoms with Crippen LogP contribution in [0, 0.1) is 0 Å². The number of allylic oxidation sites excluding steroid dienone is 3. The van der Waals surface area contributed by atoms with E-state index < -0.39 is 0 Å². The molecule has 0 fully saturated rings. The molecule has 0 amide bonds. The molecule has 3 nitrogen and oxygen atoms in total. The van der Waals surface area contributed by atoms with Crippen molar-refractivity contribution in [2.45, 2.75) is 13.8 Å². The molecule has 0 unspecified atom stereocenters. The van der Waals surface area contributed by atoms with E-state index in [2.05, 4.69) is 48.5 Å². The summed E-state index contributed by atoms with van der Waals surface area (Å²) in [5, 5.41) is 0.557. The smallest absolute Gasteiger partial charge is 0.138 e. The van der Waals surface area contributed by atoms with E-state index in [1.807, 2.05) is 18.2 Å². The Morgan fingerprint density at radius 1 is 1.24 bits per heavy atom. The molecular weight excluding hydrogens is 332 g/mol. The fourth-order valence-electron chi connectivity index (χ4n) is 3.01. The Morgan fingerprint density at radius 3 is 2.56 bits per heavy atom. The number of pyridine rings is 1. The minimum Gasteiger partial charge on any atom is -0.495 e. The number of ether oxygens (including phenoxy) is 1. The second-order valence-electron chi connectivity index (χ2n) is 5.85. The van der Waals surface area contributed by atoms with Crippen molar-refractivity contribution in [1.82, 2.24) is 9.88 Å². The first-order chi connectivity index (χ1) is 12.1. The molecule has 0 saturated carbocycles. The topological polar surface area (TPSA) is 25.4 Å². The zero-order valence-electron chi connectivity index (χ0n) is 14.7. The predicted molar refractivity (Wildman–Crippen MR) is 104 cm³/mol. The summed E-state index contributed by atoms with van der Waals surface area (Å²) in [7, 11) is 1.61. The van der Waals surface area contributed by atoms with Crippen LogP contribution in [0.4, 0.5) is 0 Å². The lowest BCUT2D eigenvalue weighted by molar-refractivity contribution is 0.412. The van der Waals surface area contributed by atoms with E-state index in [-0.39, 0.29) is 0 Å². The minimum absolute atomic E-state index is 0.557. The quantitative estimate of drug-likeness (QED) is 0.735. The highest BCUT2D eigenvalue weighted by Crippen LogP contribution is 2.40. The van der Waals surface area contributed by atoms with Crippen LogP contribution in [0.3, 0.4) is 0 Å². The monoisotopic (exact) mass is 352 g/mol. The minimum atomic E-state index is 0.557. The average molecular weight is 353 g/mol. The molecule has 1 aliphatic heterocycles. The first-order valence-corrected chi connectivity index (χ1v) is 8.59. The highest BCUT2D eigenvalue weighted by atomic mass is 35.5. The maximum Gasteiger partial charge on any atom is 0.138 e. The van der Waals surface area contributed by atoms with Gasteiger partial charge in [-0.05, 0) is 31.1 Å². The molecule has 0 aliphatic carbocycles. The highest BCUT2D eigenvalue weighted by molar-refractivity contribution is 6.32. The van der Waals surface area contributed by atoms with Crippen molar-refractivity contribution in [3.8, 4) is 5.75 Å². The molecular formula is C21H21ClN2O. The zero-order valence-corrected chi connectivity index (χ0v) is 15.5. The number of nitrogens with zero attached hydrogens (tertiary/aromatic N) is 2. The normalized spacial score (nSPS) is 14.6. The SMILES string of the molecule is C=C1C(C)=CC(c2ccccc2)=C(c2ncc(OC)cc2Cl)N1CC. The van der Waals surface area contributed by atoms with Crippen LogP contribution in [0.1, 0.15) is 25.1 Å². The average Bonchev–Trinajstić information content (AvgIpc) is 2.64. The van der Waals surface area contributed by atoms with Gasteiger partial charge in [0.25, 0.3) is 0 Å². The summed E-state index contributed by atoms with van der Waals surface area (Å²) >= 11 is 6.55. The molecule has 0 atom stereocenters. The van der Waals surface area contributed by atoms with Gasteiger partial charge in [-0.3, -0.25) is 0 Å². The molecule has 2 heterocycles. The van der Waals surface area contributed by atoms with E-state index in [4.69, 9.17) is 16.3 Å². The third kappa shape index (κ3) is 3.20. The fraction of sp³-hybridized carbons (Fsp3) is 0.190. The van der Waals surface area contributed by atoms with Crippen molar-refractivity contribution in [2.75, 3.05) is 13.7 Å². The van der Waals surface area contributed by atoms with Gasteiger partial charge in [-0.15, -0.1) is 0 Å². The van der Waals surface area contributed by atoms with Gasteiger partial charge in [-0.2, -0.15) is 0 Å². The van der Waals surface area contributed by atoms with E-state index in [0.717, 1.165) is 40.3 Å². The number of aromatic nitrogens is 1. The summed E-state index contributed by atoms with van der Waals surface area (Å²) in [5.41, 5.74) is 6.01. The van der Waals surface area contributed by atoms with Crippen molar-refractivity contribution in [3.63, 3.8) is 0 Å². The summed E-state index contributed by atoms with van der Waals surface area (Å²) in [6, 6.07) is 12.1. The molecule has 1 aromatic carbocycles. The molecule has 128 valence electrons. The van der Waals surface area contributed by atoms with Crippen LogP contribution in [0.25, 0.3) is 11.3 Å². The third-order valence-electron chi connectivity index (χ3n) is 4.34. The largest absolute Gasteiger partial charge is 0.495 e. The van der Waals surface area contributed by atoms with E-state index in [9.17, 15) is 0 Å². The van der Waals surface area contributed by atoms with Gasteiger partial charge in [0.2, 0.25) is 0 Å². The number of hydrogen-bond donors (Lipinski definition) is 0. The number of halogens is 1. The summed E-state index contributed by atoms with van der Waals surface area (Å²) in [6.45, 7) is 9.20. The maximum absolute atomic E-state index is 6.55. The first-order valence-electron chi connectivity index (χ1n) is 8.21.